The highest BCUT2D eigenvalue weighted by atomic mass is 16.5. The van der Waals surface area contributed by atoms with Gasteiger partial charge in [0.1, 0.15) is 11.5 Å². The van der Waals surface area contributed by atoms with Gasteiger partial charge in [-0.15, -0.1) is 0 Å². The van der Waals surface area contributed by atoms with Crippen molar-refractivity contribution in [3.63, 3.8) is 0 Å². The molecule has 0 bridgehead atoms. The molecule has 34 heavy (non-hydrogen) atoms. The number of nitrogens with zero attached hydrogens (tertiary/aromatic N) is 2. The molecule has 1 aromatic heterocycles. The minimum Gasteiger partial charge on any atom is -0.494 e. The van der Waals surface area contributed by atoms with Gasteiger partial charge in [-0.2, -0.15) is 4.98 Å². The first-order valence-corrected chi connectivity index (χ1v) is 10.3. The molecule has 0 aliphatic heterocycles. The van der Waals surface area contributed by atoms with Gasteiger partial charge in [-0.1, -0.05) is 23.4 Å². The summed E-state index contributed by atoms with van der Waals surface area (Å²) in [6, 6.07) is 18.7. The number of ether oxygens (including phenoxy) is 2. The van der Waals surface area contributed by atoms with Gasteiger partial charge in [0.05, 0.1) is 25.6 Å². The fourth-order valence-corrected chi connectivity index (χ4v) is 3.25. The summed E-state index contributed by atoms with van der Waals surface area (Å²) < 4.78 is 16.0. The van der Waals surface area contributed by atoms with Crippen LogP contribution < -0.4 is 20.1 Å². The van der Waals surface area contributed by atoms with E-state index in [4.69, 9.17) is 14.0 Å². The largest absolute Gasteiger partial charge is 0.494 e. The van der Waals surface area contributed by atoms with Crippen LogP contribution >= 0.6 is 0 Å². The van der Waals surface area contributed by atoms with Gasteiger partial charge in [-0.05, 0) is 43.3 Å². The van der Waals surface area contributed by atoms with Gasteiger partial charge in [0.25, 0.3) is 17.7 Å². The molecule has 172 valence electrons. The Bertz CT molecular complexity index is 1320. The van der Waals surface area contributed by atoms with Crippen molar-refractivity contribution in [3.8, 4) is 23.0 Å². The Balaban J connectivity index is 1.54. The maximum Gasteiger partial charge on any atom is 0.257 e. The number of amides is 2. The standard InChI is InChI=1S/C25H22N4O5/c1-15-26-25(34-29-15)18-11-9-17(10-12-18)24(31)28-20-14-21(32-2)19(13-22(20)33-3)27-23(30)16-7-5-4-6-8-16/h4-14H,1-3H3,(H,27,30)(H,28,31). The second-order valence-corrected chi connectivity index (χ2v) is 7.25. The van der Waals surface area contributed by atoms with Crippen LogP contribution in [-0.2, 0) is 0 Å². The van der Waals surface area contributed by atoms with E-state index in [1.165, 1.54) is 14.2 Å². The van der Waals surface area contributed by atoms with Gasteiger partial charge in [-0.25, -0.2) is 0 Å². The average Bonchev–Trinajstić information content (AvgIpc) is 3.31. The third-order valence-corrected chi connectivity index (χ3v) is 4.98. The lowest BCUT2D eigenvalue weighted by molar-refractivity contribution is 0.101. The zero-order valence-electron chi connectivity index (χ0n) is 18.8. The van der Waals surface area contributed by atoms with E-state index >= 15 is 0 Å². The highest BCUT2D eigenvalue weighted by Gasteiger charge is 2.17. The molecule has 2 N–H and O–H groups in total. The van der Waals surface area contributed by atoms with Crippen LogP contribution in [-0.4, -0.2) is 36.2 Å². The Labute approximate surface area is 195 Å². The van der Waals surface area contributed by atoms with Crippen LogP contribution in [0.25, 0.3) is 11.5 Å². The van der Waals surface area contributed by atoms with Crippen molar-refractivity contribution in [1.82, 2.24) is 10.1 Å². The highest BCUT2D eigenvalue weighted by Crippen LogP contribution is 2.37. The second kappa shape index (κ2) is 9.86. The van der Waals surface area contributed by atoms with Gasteiger partial charge in [-0.3, -0.25) is 9.59 Å². The summed E-state index contributed by atoms with van der Waals surface area (Å²) in [6.07, 6.45) is 0. The Morgan fingerprint density at radius 2 is 1.32 bits per heavy atom. The molecule has 1 heterocycles. The molecule has 0 radical (unpaired) electrons. The van der Waals surface area contributed by atoms with Crippen LogP contribution in [0.4, 0.5) is 11.4 Å². The van der Waals surface area contributed by atoms with Gasteiger partial charge in [0.15, 0.2) is 5.82 Å². The van der Waals surface area contributed by atoms with Crippen molar-refractivity contribution in [1.29, 1.82) is 0 Å². The van der Waals surface area contributed by atoms with Crippen LogP contribution in [0.15, 0.2) is 71.3 Å². The average molecular weight is 458 g/mol. The quantitative estimate of drug-likeness (QED) is 0.417. The first kappa shape index (κ1) is 22.5. The number of anilines is 2. The third-order valence-electron chi connectivity index (χ3n) is 4.98. The van der Waals surface area contributed by atoms with E-state index in [0.717, 1.165) is 0 Å². The lowest BCUT2D eigenvalue weighted by Crippen LogP contribution is -2.15. The molecule has 9 heteroatoms. The first-order valence-electron chi connectivity index (χ1n) is 10.3. The van der Waals surface area contributed by atoms with Crippen molar-refractivity contribution < 1.29 is 23.6 Å². The monoisotopic (exact) mass is 458 g/mol. The fourth-order valence-electron chi connectivity index (χ4n) is 3.25. The van der Waals surface area contributed by atoms with Crippen LogP contribution in [0.1, 0.15) is 26.5 Å². The normalized spacial score (nSPS) is 10.4. The molecule has 3 aromatic carbocycles. The van der Waals surface area contributed by atoms with Gasteiger partial charge in [0.2, 0.25) is 0 Å². The summed E-state index contributed by atoms with van der Waals surface area (Å²) in [5.41, 5.74) is 2.42. The molecule has 0 fully saturated rings. The number of hydrogen-bond acceptors (Lipinski definition) is 7. The summed E-state index contributed by atoms with van der Waals surface area (Å²) in [4.78, 5) is 29.6. The molecular weight excluding hydrogens is 436 g/mol. The first-order chi connectivity index (χ1) is 16.5. The molecule has 9 nitrogen and oxygen atoms in total. The molecule has 0 aliphatic rings. The van der Waals surface area contributed by atoms with Crippen molar-refractivity contribution in [2.75, 3.05) is 24.9 Å². The van der Waals surface area contributed by atoms with Crippen LogP contribution in [0, 0.1) is 6.92 Å². The van der Waals surface area contributed by atoms with Gasteiger partial charge >= 0.3 is 0 Å². The molecule has 4 rings (SSSR count). The third kappa shape index (κ3) is 4.88. The minimum atomic E-state index is -0.352. The molecule has 0 spiro atoms. The number of carbonyl (C=O) groups is 2. The summed E-state index contributed by atoms with van der Waals surface area (Å²) in [6.45, 7) is 1.73. The smallest absolute Gasteiger partial charge is 0.257 e. The predicted molar refractivity (Wildman–Crippen MR) is 126 cm³/mol. The Morgan fingerprint density at radius 3 is 1.79 bits per heavy atom. The highest BCUT2D eigenvalue weighted by molar-refractivity contribution is 6.07. The number of aryl methyl sites for hydroxylation is 1. The molecule has 0 atom stereocenters. The number of hydrogen-bond donors (Lipinski definition) is 2. The molecule has 2 amide bonds. The zero-order chi connectivity index (χ0) is 24.1. The summed E-state index contributed by atoms with van der Waals surface area (Å²) in [5, 5.41) is 9.40. The molecule has 0 saturated carbocycles. The van der Waals surface area contributed by atoms with E-state index in [1.54, 1.807) is 67.6 Å². The van der Waals surface area contributed by atoms with E-state index in [0.29, 0.717) is 51.3 Å². The van der Waals surface area contributed by atoms with Crippen molar-refractivity contribution in [2.45, 2.75) is 6.92 Å². The maximum atomic E-state index is 12.9. The van der Waals surface area contributed by atoms with Gasteiger partial charge < -0.3 is 24.6 Å². The number of benzene rings is 3. The number of nitrogens with one attached hydrogen (secondary N) is 2. The van der Waals surface area contributed by atoms with E-state index < -0.39 is 0 Å². The molecule has 0 saturated heterocycles. The van der Waals surface area contributed by atoms with E-state index in [9.17, 15) is 9.59 Å². The summed E-state index contributed by atoms with van der Waals surface area (Å²) >= 11 is 0. The molecule has 0 unspecified atom stereocenters. The zero-order valence-corrected chi connectivity index (χ0v) is 18.8. The van der Waals surface area contributed by atoms with E-state index in [1.807, 2.05) is 6.07 Å². The lowest BCUT2D eigenvalue weighted by atomic mass is 10.1. The summed E-state index contributed by atoms with van der Waals surface area (Å²) in [7, 11) is 2.95. The van der Waals surface area contributed by atoms with Crippen molar-refractivity contribution in [3.05, 3.63) is 83.7 Å². The maximum absolute atomic E-state index is 12.9. The SMILES string of the molecule is COc1cc(NC(=O)c2ccc(-c3nc(C)no3)cc2)c(OC)cc1NC(=O)c1ccccc1. The van der Waals surface area contributed by atoms with Gasteiger partial charge in [0, 0.05) is 28.8 Å². The number of rotatable bonds is 7. The van der Waals surface area contributed by atoms with E-state index in [-0.39, 0.29) is 11.8 Å². The van der Waals surface area contributed by atoms with E-state index in [2.05, 4.69) is 20.8 Å². The fraction of sp³-hybridized carbons (Fsp3) is 0.120. The Morgan fingerprint density at radius 1 is 0.794 bits per heavy atom. The van der Waals surface area contributed by atoms with Crippen LogP contribution in [0.5, 0.6) is 11.5 Å². The van der Waals surface area contributed by atoms with Crippen molar-refractivity contribution in [2.24, 2.45) is 0 Å². The second-order valence-electron chi connectivity index (χ2n) is 7.25. The molecular formula is C25H22N4O5. The Kier molecular flexibility index (Phi) is 6.54. The Hall–Kier alpha value is -4.66. The number of carbonyl (C=O) groups excluding carboxylic acids is 2. The van der Waals surface area contributed by atoms with Crippen LogP contribution in [0.3, 0.4) is 0 Å². The lowest BCUT2D eigenvalue weighted by Gasteiger charge is -2.16. The predicted octanol–water partition coefficient (Wildman–Crippen LogP) is 4.57. The number of aromatic nitrogens is 2. The number of methoxy groups -OCH3 is 2. The van der Waals surface area contributed by atoms with Crippen LogP contribution in [0.2, 0.25) is 0 Å². The topological polar surface area (TPSA) is 116 Å². The molecule has 0 aliphatic carbocycles. The minimum absolute atomic E-state index is 0.297. The molecule has 4 aromatic rings. The van der Waals surface area contributed by atoms with Crippen molar-refractivity contribution >= 4 is 23.2 Å². The summed E-state index contributed by atoms with van der Waals surface area (Å²) in [5.74, 6) is 0.979.